The fraction of sp³-hybridized carbons (Fsp3) is 0.650. The maximum atomic E-state index is 14.7. The lowest BCUT2D eigenvalue weighted by Crippen LogP contribution is -2.61. The molecular weight excluding hydrogens is 368 g/mol. The standard InChI is InChI=1S/C20H29F2N3O3/c1-12(7-23)15-5-17(22)18(6-16(15)21)24-8-13-10-25(11-14(9-24)27-13)19(26)28-20(2,3)4/h5-6,12-14H,7-11,23H2,1-4H3. The van der Waals surface area contributed by atoms with E-state index in [4.69, 9.17) is 15.2 Å². The Bertz CT molecular complexity index is 724. The van der Waals surface area contributed by atoms with Crippen LogP contribution in [-0.2, 0) is 9.47 Å². The Morgan fingerprint density at radius 3 is 2.36 bits per heavy atom. The number of nitrogens with two attached hydrogens (primary N) is 1. The van der Waals surface area contributed by atoms with Gasteiger partial charge in [-0.25, -0.2) is 13.6 Å². The highest BCUT2D eigenvalue weighted by molar-refractivity contribution is 5.68. The summed E-state index contributed by atoms with van der Waals surface area (Å²) in [5.41, 5.74) is 5.52. The van der Waals surface area contributed by atoms with Gasteiger partial charge < -0.3 is 25.0 Å². The third kappa shape index (κ3) is 4.55. The van der Waals surface area contributed by atoms with Gasteiger partial charge in [-0.3, -0.25) is 0 Å². The molecule has 1 aromatic rings. The number of ether oxygens (including phenoxy) is 2. The molecule has 28 heavy (non-hydrogen) atoms. The lowest BCUT2D eigenvalue weighted by Gasteiger charge is -2.46. The predicted molar refractivity (Wildman–Crippen MR) is 103 cm³/mol. The minimum atomic E-state index is -0.570. The molecule has 0 aliphatic carbocycles. The van der Waals surface area contributed by atoms with Gasteiger partial charge in [-0.1, -0.05) is 6.92 Å². The Morgan fingerprint density at radius 2 is 1.82 bits per heavy atom. The van der Waals surface area contributed by atoms with Crippen LogP contribution in [0.3, 0.4) is 0 Å². The van der Waals surface area contributed by atoms with E-state index in [1.807, 2.05) is 20.8 Å². The van der Waals surface area contributed by atoms with Gasteiger partial charge in [0.1, 0.15) is 17.2 Å². The number of amides is 1. The largest absolute Gasteiger partial charge is 0.444 e. The van der Waals surface area contributed by atoms with Crippen LogP contribution in [0.15, 0.2) is 12.1 Å². The van der Waals surface area contributed by atoms with Crippen LogP contribution in [0.5, 0.6) is 0 Å². The van der Waals surface area contributed by atoms with Gasteiger partial charge in [-0.2, -0.15) is 0 Å². The first kappa shape index (κ1) is 20.8. The van der Waals surface area contributed by atoms with Gasteiger partial charge in [0.2, 0.25) is 0 Å². The number of anilines is 1. The second kappa shape index (κ2) is 7.83. The number of halogens is 2. The van der Waals surface area contributed by atoms with E-state index in [2.05, 4.69) is 0 Å². The van der Waals surface area contributed by atoms with E-state index >= 15 is 0 Å². The smallest absolute Gasteiger partial charge is 0.410 e. The van der Waals surface area contributed by atoms with Gasteiger partial charge in [0.15, 0.2) is 0 Å². The first-order chi connectivity index (χ1) is 13.1. The molecule has 2 aliphatic heterocycles. The maximum Gasteiger partial charge on any atom is 0.410 e. The Kier molecular flexibility index (Phi) is 5.82. The number of hydrogen-bond donors (Lipinski definition) is 1. The minimum Gasteiger partial charge on any atom is -0.444 e. The van der Waals surface area contributed by atoms with Gasteiger partial charge in [0, 0.05) is 19.2 Å². The van der Waals surface area contributed by atoms with Crippen LogP contribution in [0.25, 0.3) is 0 Å². The molecule has 2 heterocycles. The van der Waals surface area contributed by atoms with Gasteiger partial charge in [0.05, 0.1) is 31.0 Å². The maximum absolute atomic E-state index is 14.7. The summed E-state index contributed by atoms with van der Waals surface area (Å²) >= 11 is 0. The molecule has 6 nitrogen and oxygen atoms in total. The van der Waals surface area contributed by atoms with Crippen LogP contribution in [-0.4, -0.2) is 61.5 Å². The highest BCUT2D eigenvalue weighted by Gasteiger charge is 2.39. The molecule has 2 bridgehead atoms. The van der Waals surface area contributed by atoms with Crippen LogP contribution in [0.4, 0.5) is 19.3 Å². The molecule has 3 atom stereocenters. The number of morpholine rings is 2. The quantitative estimate of drug-likeness (QED) is 0.850. The summed E-state index contributed by atoms with van der Waals surface area (Å²) in [4.78, 5) is 15.8. The second-order valence-corrected chi connectivity index (χ2v) is 8.63. The second-order valence-electron chi connectivity index (χ2n) is 8.63. The first-order valence-electron chi connectivity index (χ1n) is 9.64. The molecule has 2 aliphatic rings. The molecule has 0 radical (unpaired) electrons. The zero-order chi connectivity index (χ0) is 20.6. The summed E-state index contributed by atoms with van der Waals surface area (Å²) in [7, 11) is 0. The normalized spacial score (nSPS) is 23.5. The lowest BCUT2D eigenvalue weighted by atomic mass is 9.99. The number of benzene rings is 1. The molecule has 0 aromatic heterocycles. The zero-order valence-electron chi connectivity index (χ0n) is 16.9. The molecule has 2 N–H and O–H groups in total. The molecule has 1 aromatic carbocycles. The highest BCUT2D eigenvalue weighted by Crippen LogP contribution is 2.31. The average Bonchev–Trinajstić information content (AvgIpc) is 2.60. The molecule has 0 saturated carbocycles. The number of carbonyl (C=O) groups excluding carboxylic acids is 1. The number of nitrogens with zero attached hydrogens (tertiary/aromatic N) is 2. The van der Waals surface area contributed by atoms with Crippen molar-refractivity contribution < 1.29 is 23.0 Å². The van der Waals surface area contributed by atoms with Crippen LogP contribution in [0.2, 0.25) is 0 Å². The van der Waals surface area contributed by atoms with E-state index in [0.29, 0.717) is 26.2 Å². The summed E-state index contributed by atoms with van der Waals surface area (Å²) in [5, 5.41) is 0. The summed E-state index contributed by atoms with van der Waals surface area (Å²) in [5.74, 6) is -1.18. The molecule has 8 heteroatoms. The topological polar surface area (TPSA) is 68.0 Å². The van der Waals surface area contributed by atoms with Crippen molar-refractivity contribution in [2.75, 3.05) is 37.6 Å². The van der Waals surface area contributed by atoms with Crippen molar-refractivity contribution in [3.05, 3.63) is 29.3 Å². The average molecular weight is 397 g/mol. The van der Waals surface area contributed by atoms with Gasteiger partial charge in [-0.05, 0) is 44.9 Å². The summed E-state index contributed by atoms with van der Waals surface area (Å²) in [6.45, 7) is 8.93. The SMILES string of the molecule is CC(CN)c1cc(F)c(N2CC3CN(C(=O)OC(C)(C)C)CC(C2)O3)cc1F. The van der Waals surface area contributed by atoms with Crippen molar-refractivity contribution in [1.82, 2.24) is 4.90 Å². The number of rotatable bonds is 3. The van der Waals surface area contributed by atoms with E-state index in [1.165, 1.54) is 12.1 Å². The molecule has 2 saturated heterocycles. The van der Waals surface area contributed by atoms with E-state index in [9.17, 15) is 13.6 Å². The molecule has 0 spiro atoms. The van der Waals surface area contributed by atoms with Crippen molar-refractivity contribution in [3.8, 4) is 0 Å². The molecule has 1 amide bonds. The number of fused-ring (bicyclic) bond motifs is 2. The third-order valence-electron chi connectivity index (χ3n) is 5.02. The molecule has 3 rings (SSSR count). The predicted octanol–water partition coefficient (Wildman–Crippen LogP) is 2.85. The van der Waals surface area contributed by atoms with Crippen molar-refractivity contribution in [3.63, 3.8) is 0 Å². The van der Waals surface area contributed by atoms with Crippen LogP contribution < -0.4 is 10.6 Å². The third-order valence-corrected chi connectivity index (χ3v) is 5.02. The Hall–Kier alpha value is -1.93. The molecular formula is C20H29F2N3O3. The Morgan fingerprint density at radius 1 is 1.21 bits per heavy atom. The highest BCUT2D eigenvalue weighted by atomic mass is 19.1. The Labute approximate surface area is 164 Å². The fourth-order valence-corrected chi connectivity index (χ4v) is 3.66. The molecule has 156 valence electrons. The van der Waals surface area contributed by atoms with Crippen molar-refractivity contribution in [2.24, 2.45) is 5.73 Å². The van der Waals surface area contributed by atoms with Crippen LogP contribution in [0, 0.1) is 11.6 Å². The van der Waals surface area contributed by atoms with Crippen molar-refractivity contribution >= 4 is 11.8 Å². The van der Waals surface area contributed by atoms with E-state index in [0.717, 1.165) is 0 Å². The Balaban J connectivity index is 1.72. The fourth-order valence-electron chi connectivity index (χ4n) is 3.66. The number of hydrogen-bond acceptors (Lipinski definition) is 5. The summed E-state index contributed by atoms with van der Waals surface area (Å²) < 4.78 is 40.5. The minimum absolute atomic E-state index is 0.217. The summed E-state index contributed by atoms with van der Waals surface area (Å²) in [6, 6.07) is 2.48. The van der Waals surface area contributed by atoms with Gasteiger partial charge in [0.25, 0.3) is 0 Å². The van der Waals surface area contributed by atoms with Crippen LogP contribution in [0.1, 0.15) is 39.2 Å². The van der Waals surface area contributed by atoms with Gasteiger partial charge in [-0.15, -0.1) is 0 Å². The van der Waals surface area contributed by atoms with Crippen molar-refractivity contribution in [2.45, 2.75) is 51.4 Å². The van der Waals surface area contributed by atoms with Crippen molar-refractivity contribution in [1.29, 1.82) is 0 Å². The monoisotopic (exact) mass is 397 g/mol. The molecule has 3 unspecified atom stereocenters. The zero-order valence-corrected chi connectivity index (χ0v) is 16.9. The van der Waals surface area contributed by atoms with Crippen LogP contribution >= 0.6 is 0 Å². The van der Waals surface area contributed by atoms with E-state index in [1.54, 1.807) is 16.7 Å². The number of carbonyl (C=O) groups is 1. The molecule has 2 fully saturated rings. The van der Waals surface area contributed by atoms with E-state index < -0.39 is 17.2 Å². The van der Waals surface area contributed by atoms with E-state index in [-0.39, 0.29) is 42.0 Å². The lowest BCUT2D eigenvalue weighted by molar-refractivity contribution is -0.0950. The van der Waals surface area contributed by atoms with Gasteiger partial charge >= 0.3 is 6.09 Å². The summed E-state index contributed by atoms with van der Waals surface area (Å²) in [6.07, 6.45) is -0.952. The first-order valence-corrected chi connectivity index (χ1v) is 9.64.